The summed E-state index contributed by atoms with van der Waals surface area (Å²) in [6, 6.07) is 0. The molecule has 1 aliphatic rings. The van der Waals surface area contributed by atoms with Crippen LogP contribution in [-0.4, -0.2) is 61.1 Å². The zero-order chi connectivity index (χ0) is 16.4. The number of aliphatic carboxylic acids is 1. The Morgan fingerprint density at radius 1 is 1.23 bits per heavy atom. The van der Waals surface area contributed by atoms with Crippen molar-refractivity contribution in [3.05, 3.63) is 0 Å². The number of carbonyl (C=O) groups is 3. The predicted octanol–water partition coefficient (Wildman–Crippen LogP) is 0.633. The number of carboxylic acid groups (broad SMARTS) is 1. The van der Waals surface area contributed by atoms with Crippen LogP contribution in [0.5, 0.6) is 0 Å². The Kier molecular flexibility index (Phi) is 8.50. The molecule has 0 aliphatic heterocycles. The molecule has 2 N–H and O–H groups in total. The largest absolute Gasteiger partial charge is 0.480 e. The summed E-state index contributed by atoms with van der Waals surface area (Å²) in [5.74, 6) is -1.22. The fourth-order valence-corrected chi connectivity index (χ4v) is 2.67. The van der Waals surface area contributed by atoms with Crippen LogP contribution < -0.4 is 5.32 Å². The Morgan fingerprint density at radius 3 is 2.50 bits per heavy atom. The van der Waals surface area contributed by atoms with E-state index >= 15 is 0 Å². The standard InChI is InChI=1S/C15H26N2O5/c1-22-8-7-17(11-15(20)21)14(19)10-16-13(18)9-12-5-3-2-4-6-12/h12H,2-11H2,1H3,(H,16,18)(H,20,21). The lowest BCUT2D eigenvalue weighted by Crippen LogP contribution is -2.44. The van der Waals surface area contributed by atoms with Gasteiger partial charge in [-0.1, -0.05) is 19.3 Å². The maximum absolute atomic E-state index is 12.0. The zero-order valence-corrected chi connectivity index (χ0v) is 13.2. The Hall–Kier alpha value is -1.63. The SMILES string of the molecule is COCCN(CC(=O)O)C(=O)CNC(=O)CC1CCCCC1. The van der Waals surface area contributed by atoms with Gasteiger partial charge in [0.15, 0.2) is 0 Å². The Labute approximate surface area is 131 Å². The van der Waals surface area contributed by atoms with Crippen LogP contribution in [0, 0.1) is 5.92 Å². The van der Waals surface area contributed by atoms with Gasteiger partial charge in [0, 0.05) is 20.1 Å². The number of hydrogen-bond acceptors (Lipinski definition) is 4. The summed E-state index contributed by atoms with van der Waals surface area (Å²) in [7, 11) is 1.48. The lowest BCUT2D eigenvalue weighted by atomic mass is 9.87. The number of nitrogens with zero attached hydrogens (tertiary/aromatic N) is 1. The van der Waals surface area contributed by atoms with Crippen LogP contribution in [0.3, 0.4) is 0 Å². The van der Waals surface area contributed by atoms with Crippen molar-refractivity contribution in [3.8, 4) is 0 Å². The van der Waals surface area contributed by atoms with Crippen LogP contribution in [-0.2, 0) is 19.1 Å². The summed E-state index contributed by atoms with van der Waals surface area (Å²) in [6.45, 7) is -0.0988. The van der Waals surface area contributed by atoms with Crippen LogP contribution >= 0.6 is 0 Å². The smallest absolute Gasteiger partial charge is 0.323 e. The van der Waals surface area contributed by atoms with Gasteiger partial charge in [-0.3, -0.25) is 14.4 Å². The van der Waals surface area contributed by atoms with Gasteiger partial charge in [0.25, 0.3) is 0 Å². The molecule has 7 heteroatoms. The van der Waals surface area contributed by atoms with E-state index in [-0.39, 0.29) is 32.1 Å². The topological polar surface area (TPSA) is 95.9 Å². The minimum atomic E-state index is -1.09. The second-order valence-electron chi connectivity index (χ2n) is 5.69. The van der Waals surface area contributed by atoms with Crippen molar-refractivity contribution in [1.82, 2.24) is 10.2 Å². The maximum Gasteiger partial charge on any atom is 0.323 e. The second-order valence-corrected chi connectivity index (χ2v) is 5.69. The molecule has 1 saturated carbocycles. The number of methoxy groups -OCH3 is 1. The highest BCUT2D eigenvalue weighted by molar-refractivity contribution is 5.86. The summed E-state index contributed by atoms with van der Waals surface area (Å²) in [4.78, 5) is 35.8. The van der Waals surface area contributed by atoms with E-state index in [1.54, 1.807) is 0 Å². The van der Waals surface area contributed by atoms with Crippen molar-refractivity contribution in [2.24, 2.45) is 5.92 Å². The van der Waals surface area contributed by atoms with E-state index in [4.69, 9.17) is 9.84 Å². The molecule has 0 aromatic rings. The number of nitrogens with one attached hydrogen (secondary N) is 1. The third-order valence-electron chi connectivity index (χ3n) is 3.88. The molecule has 0 bridgehead atoms. The maximum atomic E-state index is 12.0. The molecule has 0 heterocycles. The van der Waals surface area contributed by atoms with Gasteiger partial charge in [0.05, 0.1) is 13.2 Å². The van der Waals surface area contributed by atoms with E-state index in [9.17, 15) is 14.4 Å². The molecule has 1 aliphatic carbocycles. The quantitative estimate of drug-likeness (QED) is 0.651. The molecule has 0 unspecified atom stereocenters. The molecule has 126 valence electrons. The van der Waals surface area contributed by atoms with E-state index < -0.39 is 11.9 Å². The van der Waals surface area contributed by atoms with E-state index in [1.807, 2.05) is 0 Å². The number of ether oxygens (including phenoxy) is 1. The molecular formula is C15H26N2O5. The van der Waals surface area contributed by atoms with Crippen LogP contribution in [0.15, 0.2) is 0 Å². The Morgan fingerprint density at radius 2 is 1.91 bits per heavy atom. The van der Waals surface area contributed by atoms with Crippen molar-refractivity contribution < 1.29 is 24.2 Å². The van der Waals surface area contributed by atoms with Crippen molar-refractivity contribution in [2.45, 2.75) is 38.5 Å². The lowest BCUT2D eigenvalue weighted by Gasteiger charge is -2.22. The fourth-order valence-electron chi connectivity index (χ4n) is 2.67. The molecule has 0 aromatic heterocycles. The lowest BCUT2D eigenvalue weighted by molar-refractivity contribution is -0.144. The monoisotopic (exact) mass is 314 g/mol. The Balaban J connectivity index is 2.33. The van der Waals surface area contributed by atoms with Crippen molar-refractivity contribution >= 4 is 17.8 Å². The molecule has 1 fully saturated rings. The van der Waals surface area contributed by atoms with Gasteiger partial charge in [-0.2, -0.15) is 0 Å². The summed E-state index contributed by atoms with van der Waals surface area (Å²) in [5.41, 5.74) is 0. The minimum Gasteiger partial charge on any atom is -0.480 e. The van der Waals surface area contributed by atoms with E-state index in [0.29, 0.717) is 12.3 Å². The minimum absolute atomic E-state index is 0.137. The number of carbonyl (C=O) groups excluding carboxylic acids is 2. The molecule has 1 rings (SSSR count). The highest BCUT2D eigenvalue weighted by atomic mass is 16.5. The number of hydrogen-bond donors (Lipinski definition) is 2. The molecule has 0 spiro atoms. The average molecular weight is 314 g/mol. The van der Waals surface area contributed by atoms with Gasteiger partial charge in [-0.05, 0) is 18.8 Å². The van der Waals surface area contributed by atoms with Crippen molar-refractivity contribution in [1.29, 1.82) is 0 Å². The van der Waals surface area contributed by atoms with Gasteiger partial charge in [0.2, 0.25) is 11.8 Å². The first-order valence-corrected chi connectivity index (χ1v) is 7.78. The number of carboxylic acids is 1. The van der Waals surface area contributed by atoms with Crippen LogP contribution in [0.4, 0.5) is 0 Å². The summed E-state index contributed by atoms with van der Waals surface area (Å²) >= 11 is 0. The van der Waals surface area contributed by atoms with E-state index in [0.717, 1.165) is 12.8 Å². The first kappa shape index (κ1) is 18.4. The normalized spacial score (nSPS) is 15.3. The Bertz CT molecular complexity index is 380. The van der Waals surface area contributed by atoms with Crippen LogP contribution in [0.1, 0.15) is 38.5 Å². The van der Waals surface area contributed by atoms with Gasteiger partial charge in [-0.25, -0.2) is 0 Å². The molecule has 7 nitrogen and oxygen atoms in total. The van der Waals surface area contributed by atoms with Crippen LogP contribution in [0.2, 0.25) is 0 Å². The molecule has 2 amide bonds. The van der Waals surface area contributed by atoms with Crippen molar-refractivity contribution in [2.75, 3.05) is 33.4 Å². The van der Waals surface area contributed by atoms with E-state index in [2.05, 4.69) is 5.32 Å². The van der Waals surface area contributed by atoms with Gasteiger partial charge in [0.1, 0.15) is 6.54 Å². The first-order valence-electron chi connectivity index (χ1n) is 7.78. The van der Waals surface area contributed by atoms with E-state index in [1.165, 1.54) is 31.3 Å². The molecule has 0 aromatic carbocycles. The predicted molar refractivity (Wildman–Crippen MR) is 80.3 cm³/mol. The number of rotatable bonds is 9. The summed E-state index contributed by atoms with van der Waals surface area (Å²) in [6.07, 6.45) is 6.16. The zero-order valence-electron chi connectivity index (χ0n) is 13.2. The van der Waals surface area contributed by atoms with Crippen LogP contribution in [0.25, 0.3) is 0 Å². The highest BCUT2D eigenvalue weighted by Crippen LogP contribution is 2.25. The molecule has 0 radical (unpaired) electrons. The summed E-state index contributed by atoms with van der Waals surface area (Å²) in [5, 5.41) is 11.4. The van der Waals surface area contributed by atoms with Gasteiger partial charge >= 0.3 is 5.97 Å². The highest BCUT2D eigenvalue weighted by Gasteiger charge is 2.20. The molecule has 0 atom stereocenters. The first-order chi connectivity index (χ1) is 10.5. The fraction of sp³-hybridized carbons (Fsp3) is 0.800. The van der Waals surface area contributed by atoms with Gasteiger partial charge in [-0.15, -0.1) is 0 Å². The molecule has 22 heavy (non-hydrogen) atoms. The third-order valence-corrected chi connectivity index (χ3v) is 3.88. The van der Waals surface area contributed by atoms with Crippen molar-refractivity contribution in [3.63, 3.8) is 0 Å². The summed E-state index contributed by atoms with van der Waals surface area (Å²) < 4.78 is 4.86. The molecular weight excluding hydrogens is 288 g/mol. The third kappa shape index (κ3) is 7.40. The molecule has 0 saturated heterocycles. The second kappa shape index (κ2) is 10.2. The van der Waals surface area contributed by atoms with Gasteiger partial charge < -0.3 is 20.1 Å². The average Bonchev–Trinajstić information content (AvgIpc) is 2.49. The number of amides is 2.